The Labute approximate surface area is 137 Å². The second kappa shape index (κ2) is 7.89. The molecule has 0 bridgehead atoms. The number of nitrogens with one attached hydrogen (secondary N) is 2. The lowest BCUT2D eigenvalue weighted by atomic mass is 10.1. The highest BCUT2D eigenvalue weighted by molar-refractivity contribution is 5.89. The Bertz CT molecular complexity index is 592. The molecule has 0 saturated carbocycles. The van der Waals surface area contributed by atoms with E-state index in [1.807, 2.05) is 5.32 Å². The molecule has 0 radical (unpaired) electrons. The van der Waals surface area contributed by atoms with Gasteiger partial charge in [-0.1, -0.05) is 12.1 Å². The number of halogens is 3. The first-order valence-corrected chi connectivity index (χ1v) is 7.20. The molecule has 0 unspecified atom stereocenters. The largest absolute Gasteiger partial charge is 0.463 e. The van der Waals surface area contributed by atoms with Gasteiger partial charge in [-0.25, -0.2) is 9.59 Å². The predicted octanol–water partition coefficient (Wildman–Crippen LogP) is 2.97. The van der Waals surface area contributed by atoms with Crippen LogP contribution in [0.4, 0.5) is 23.7 Å². The monoisotopic (exact) mass is 348 g/mol. The first-order valence-electron chi connectivity index (χ1n) is 7.20. The summed E-state index contributed by atoms with van der Waals surface area (Å²) >= 11 is 0. The van der Waals surface area contributed by atoms with Crippen LogP contribution in [0.2, 0.25) is 0 Å². The number of anilines is 1. The van der Waals surface area contributed by atoms with Crippen LogP contribution in [0, 0.1) is 6.92 Å². The minimum Gasteiger partial charge on any atom is -0.463 e. The molecule has 0 aliphatic carbocycles. The van der Waals surface area contributed by atoms with Crippen molar-refractivity contribution >= 4 is 17.7 Å². The molecule has 2 N–H and O–H groups in total. The minimum atomic E-state index is -5.18. The van der Waals surface area contributed by atoms with Crippen molar-refractivity contribution in [3.05, 3.63) is 29.8 Å². The maximum absolute atomic E-state index is 13.7. The number of esters is 1. The van der Waals surface area contributed by atoms with Gasteiger partial charge in [0.05, 0.1) is 13.2 Å². The third-order valence-corrected chi connectivity index (χ3v) is 2.92. The quantitative estimate of drug-likeness (QED) is 0.611. The number of carbonyl (C=O) groups excluding carboxylic acids is 2. The third-order valence-electron chi connectivity index (χ3n) is 2.92. The number of alkyl halides is 3. The van der Waals surface area contributed by atoms with Gasteiger partial charge in [-0.2, -0.15) is 13.2 Å². The lowest BCUT2D eigenvalue weighted by molar-refractivity contribution is -0.205. The van der Waals surface area contributed by atoms with Crippen LogP contribution in [-0.4, -0.2) is 37.1 Å². The molecule has 0 spiro atoms. The fraction of sp³-hybridized carbons (Fsp3) is 0.467. The van der Waals surface area contributed by atoms with E-state index in [0.29, 0.717) is 5.56 Å². The topological polar surface area (TPSA) is 76.7 Å². The zero-order valence-electron chi connectivity index (χ0n) is 13.5. The van der Waals surface area contributed by atoms with Crippen molar-refractivity contribution in [2.24, 2.45) is 0 Å². The van der Waals surface area contributed by atoms with Crippen LogP contribution in [-0.2, 0) is 14.3 Å². The normalized spacial score (nSPS) is 13.6. The molecule has 9 heteroatoms. The van der Waals surface area contributed by atoms with Gasteiger partial charge in [-0.05, 0) is 38.5 Å². The van der Waals surface area contributed by atoms with Gasteiger partial charge in [0, 0.05) is 5.69 Å². The van der Waals surface area contributed by atoms with Crippen LogP contribution in [0.5, 0.6) is 0 Å². The Morgan fingerprint density at radius 3 is 2.25 bits per heavy atom. The molecule has 134 valence electrons. The molecule has 0 aliphatic heterocycles. The molecule has 6 nitrogen and oxygen atoms in total. The molecule has 1 rings (SSSR count). The fourth-order valence-corrected chi connectivity index (χ4v) is 1.89. The molecule has 1 aromatic rings. The molecule has 1 amide bonds. The maximum atomic E-state index is 13.7. The number of rotatable bonds is 6. The Kier molecular flexibility index (Phi) is 6.44. The van der Waals surface area contributed by atoms with Crippen LogP contribution in [0.1, 0.15) is 19.4 Å². The van der Waals surface area contributed by atoms with E-state index < -0.39 is 23.9 Å². The van der Waals surface area contributed by atoms with E-state index in [-0.39, 0.29) is 18.9 Å². The number of carbonyl (C=O) groups is 2. The second-order valence-corrected chi connectivity index (χ2v) is 4.81. The van der Waals surface area contributed by atoms with Gasteiger partial charge >= 0.3 is 23.9 Å². The van der Waals surface area contributed by atoms with Crippen molar-refractivity contribution in [2.45, 2.75) is 32.6 Å². The molecule has 0 heterocycles. The molecule has 24 heavy (non-hydrogen) atoms. The zero-order valence-corrected chi connectivity index (χ0v) is 13.5. The summed E-state index contributed by atoms with van der Waals surface area (Å²) in [5.74, 6) is -1.69. The SMILES string of the molecule is CCOC(=O)N[C@](Nc1cccc(C)c1)(C(=O)OCC)C(F)(F)F. The van der Waals surface area contributed by atoms with Crippen LogP contribution < -0.4 is 10.6 Å². The van der Waals surface area contributed by atoms with Crippen LogP contribution in [0.3, 0.4) is 0 Å². The van der Waals surface area contributed by atoms with E-state index in [9.17, 15) is 22.8 Å². The van der Waals surface area contributed by atoms with Gasteiger partial charge in [0.15, 0.2) is 0 Å². The van der Waals surface area contributed by atoms with E-state index in [0.717, 1.165) is 0 Å². The summed E-state index contributed by atoms with van der Waals surface area (Å²) in [6, 6.07) is 5.91. The Hall–Kier alpha value is -2.45. The van der Waals surface area contributed by atoms with Gasteiger partial charge < -0.3 is 14.8 Å². The zero-order chi connectivity index (χ0) is 18.4. The second-order valence-electron chi connectivity index (χ2n) is 4.81. The Balaban J connectivity index is 3.33. The number of amides is 1. The lowest BCUT2D eigenvalue weighted by Crippen LogP contribution is -2.69. The molecule has 0 saturated heterocycles. The van der Waals surface area contributed by atoms with Gasteiger partial charge in [0.25, 0.3) is 0 Å². The Morgan fingerprint density at radius 2 is 1.75 bits per heavy atom. The van der Waals surface area contributed by atoms with Crippen molar-refractivity contribution in [1.29, 1.82) is 0 Å². The number of alkyl carbamates (subject to hydrolysis) is 1. The van der Waals surface area contributed by atoms with Crippen LogP contribution in [0.25, 0.3) is 0 Å². The smallest absolute Gasteiger partial charge is 0.442 e. The highest BCUT2D eigenvalue weighted by atomic mass is 19.4. The molecule has 0 aliphatic rings. The minimum absolute atomic E-state index is 0.0165. The summed E-state index contributed by atoms with van der Waals surface area (Å²) in [6.45, 7) is 4.00. The number of aryl methyl sites for hydroxylation is 1. The lowest BCUT2D eigenvalue weighted by Gasteiger charge is -2.34. The summed E-state index contributed by atoms with van der Waals surface area (Å²) in [5, 5.41) is 3.59. The van der Waals surface area contributed by atoms with Crippen LogP contribution in [0.15, 0.2) is 24.3 Å². The molecule has 0 aromatic heterocycles. The van der Waals surface area contributed by atoms with Crippen molar-refractivity contribution in [1.82, 2.24) is 5.32 Å². The highest BCUT2D eigenvalue weighted by Gasteiger charge is 2.64. The maximum Gasteiger partial charge on any atom is 0.442 e. The van der Waals surface area contributed by atoms with E-state index in [1.165, 1.54) is 32.0 Å². The summed E-state index contributed by atoms with van der Waals surface area (Å²) in [5.41, 5.74) is -2.82. The van der Waals surface area contributed by atoms with E-state index in [1.54, 1.807) is 18.3 Å². The van der Waals surface area contributed by atoms with Gasteiger partial charge in [0.2, 0.25) is 0 Å². The first-order chi connectivity index (χ1) is 11.2. The summed E-state index contributed by atoms with van der Waals surface area (Å²) in [6.07, 6.45) is -6.58. The Morgan fingerprint density at radius 1 is 1.12 bits per heavy atom. The average Bonchev–Trinajstić information content (AvgIpc) is 2.45. The van der Waals surface area contributed by atoms with E-state index in [4.69, 9.17) is 0 Å². The molecule has 1 atom stereocenters. The number of hydrogen-bond acceptors (Lipinski definition) is 5. The van der Waals surface area contributed by atoms with Crippen molar-refractivity contribution in [3.8, 4) is 0 Å². The van der Waals surface area contributed by atoms with Gasteiger partial charge in [-0.3, -0.25) is 5.32 Å². The fourth-order valence-electron chi connectivity index (χ4n) is 1.89. The van der Waals surface area contributed by atoms with Crippen LogP contribution >= 0.6 is 0 Å². The van der Waals surface area contributed by atoms with Crippen molar-refractivity contribution in [3.63, 3.8) is 0 Å². The summed E-state index contributed by atoms with van der Waals surface area (Å²) < 4.78 is 50.1. The number of benzene rings is 1. The standard InChI is InChI=1S/C15H19F3N2O4/c1-4-23-12(21)14(15(16,17)18,20-13(22)24-5-2)19-11-8-6-7-10(3)9-11/h6-9,19H,4-5H2,1-3H3,(H,20,22)/t14-/m1/s1. The van der Waals surface area contributed by atoms with Crippen molar-refractivity contribution in [2.75, 3.05) is 18.5 Å². The first kappa shape index (κ1) is 19.6. The molecular weight excluding hydrogens is 329 g/mol. The van der Waals surface area contributed by atoms with E-state index >= 15 is 0 Å². The molecular formula is C15H19F3N2O4. The molecule has 0 fully saturated rings. The van der Waals surface area contributed by atoms with E-state index in [2.05, 4.69) is 9.47 Å². The number of ether oxygens (including phenoxy) is 2. The van der Waals surface area contributed by atoms with Gasteiger partial charge in [-0.15, -0.1) is 0 Å². The summed E-state index contributed by atoms with van der Waals surface area (Å²) in [4.78, 5) is 23.7. The average molecular weight is 348 g/mol. The highest BCUT2D eigenvalue weighted by Crippen LogP contribution is 2.33. The molecule has 1 aromatic carbocycles. The predicted molar refractivity (Wildman–Crippen MR) is 80.4 cm³/mol. The summed E-state index contributed by atoms with van der Waals surface area (Å²) in [7, 11) is 0. The number of hydrogen-bond donors (Lipinski definition) is 2. The van der Waals surface area contributed by atoms with Gasteiger partial charge in [0.1, 0.15) is 0 Å². The van der Waals surface area contributed by atoms with Crippen molar-refractivity contribution < 1.29 is 32.2 Å². The third kappa shape index (κ3) is 4.53.